The molecule has 30 heavy (non-hydrogen) atoms. The topological polar surface area (TPSA) is 42.7 Å². The van der Waals surface area contributed by atoms with Gasteiger partial charge in [-0.05, 0) is 54.1 Å². The van der Waals surface area contributed by atoms with E-state index in [2.05, 4.69) is 15.3 Å². The summed E-state index contributed by atoms with van der Waals surface area (Å²) in [6.07, 6.45) is 3.45. The Bertz CT molecular complexity index is 1310. The predicted octanol–water partition coefficient (Wildman–Crippen LogP) is 6.11. The minimum atomic E-state index is -0.305. The Morgan fingerprint density at radius 2 is 1.40 bits per heavy atom. The summed E-state index contributed by atoms with van der Waals surface area (Å²) in [6.45, 7) is 0. The van der Waals surface area contributed by atoms with E-state index < -0.39 is 0 Å². The van der Waals surface area contributed by atoms with Gasteiger partial charge in [0, 0.05) is 23.1 Å². The number of aromatic nitrogens is 3. The number of benzene rings is 3. The molecular weight excluding hydrogens is 382 g/mol. The van der Waals surface area contributed by atoms with Gasteiger partial charge in [0.1, 0.15) is 23.8 Å². The molecule has 1 N–H and O–H groups in total. The van der Waals surface area contributed by atoms with Gasteiger partial charge in [0.05, 0.1) is 5.39 Å². The van der Waals surface area contributed by atoms with E-state index >= 15 is 0 Å². The normalized spacial score (nSPS) is 11.0. The molecule has 0 fully saturated rings. The van der Waals surface area contributed by atoms with E-state index in [1.54, 1.807) is 24.3 Å². The summed E-state index contributed by atoms with van der Waals surface area (Å²) < 4.78 is 28.7. The monoisotopic (exact) mass is 398 g/mol. The molecule has 146 valence electrons. The molecule has 0 saturated carbocycles. The van der Waals surface area contributed by atoms with Crippen molar-refractivity contribution in [2.75, 3.05) is 5.32 Å². The number of anilines is 2. The van der Waals surface area contributed by atoms with Gasteiger partial charge in [-0.15, -0.1) is 0 Å². The van der Waals surface area contributed by atoms with Crippen LogP contribution in [0.1, 0.15) is 0 Å². The highest BCUT2D eigenvalue weighted by Gasteiger charge is 2.17. The first-order valence-electron chi connectivity index (χ1n) is 9.39. The number of halogens is 2. The maximum Gasteiger partial charge on any atom is 0.150 e. The van der Waals surface area contributed by atoms with E-state index in [9.17, 15) is 8.78 Å². The Balaban J connectivity index is 1.73. The molecule has 0 aliphatic heterocycles. The van der Waals surface area contributed by atoms with Crippen LogP contribution in [0.25, 0.3) is 27.8 Å². The highest BCUT2D eigenvalue weighted by Crippen LogP contribution is 2.36. The standard InChI is InChI=1S/C24H16F2N4/c25-17-6-10-19(11-7-17)29-23-22-21(16-4-2-1-3-5-16)14-30(24(22)28-15-27-23)20-12-8-18(26)9-13-20/h1-15H,(H,27,28,29). The largest absolute Gasteiger partial charge is 0.340 e. The molecule has 0 aliphatic carbocycles. The fourth-order valence-corrected chi connectivity index (χ4v) is 3.46. The molecular formula is C24H16F2N4. The molecule has 0 atom stereocenters. The van der Waals surface area contributed by atoms with Crippen LogP contribution >= 0.6 is 0 Å². The van der Waals surface area contributed by atoms with Crippen LogP contribution in [-0.4, -0.2) is 14.5 Å². The molecule has 0 saturated heterocycles. The Kier molecular flexibility index (Phi) is 4.44. The number of hydrogen-bond donors (Lipinski definition) is 1. The zero-order valence-electron chi connectivity index (χ0n) is 15.8. The molecule has 0 radical (unpaired) electrons. The predicted molar refractivity (Wildman–Crippen MR) is 114 cm³/mol. The lowest BCUT2D eigenvalue weighted by atomic mass is 10.1. The second-order valence-electron chi connectivity index (χ2n) is 6.81. The zero-order chi connectivity index (χ0) is 20.5. The summed E-state index contributed by atoms with van der Waals surface area (Å²) in [5.74, 6) is -0.000990. The van der Waals surface area contributed by atoms with Crippen molar-refractivity contribution in [1.29, 1.82) is 0 Å². The van der Waals surface area contributed by atoms with Crippen molar-refractivity contribution >= 4 is 22.5 Å². The van der Waals surface area contributed by atoms with Gasteiger partial charge in [-0.3, -0.25) is 0 Å². The molecule has 0 aliphatic rings. The molecule has 5 rings (SSSR count). The van der Waals surface area contributed by atoms with Crippen molar-refractivity contribution in [3.8, 4) is 16.8 Å². The van der Waals surface area contributed by atoms with Gasteiger partial charge in [0.25, 0.3) is 0 Å². The minimum absolute atomic E-state index is 0.299. The Hall–Kier alpha value is -4.06. The van der Waals surface area contributed by atoms with Gasteiger partial charge >= 0.3 is 0 Å². The van der Waals surface area contributed by atoms with Gasteiger partial charge in [0.2, 0.25) is 0 Å². The molecule has 2 heterocycles. The van der Waals surface area contributed by atoms with Crippen LogP contribution in [0.2, 0.25) is 0 Å². The molecule has 4 nitrogen and oxygen atoms in total. The van der Waals surface area contributed by atoms with Crippen LogP contribution in [0.4, 0.5) is 20.3 Å². The fraction of sp³-hybridized carbons (Fsp3) is 0. The SMILES string of the molecule is Fc1ccc(Nc2ncnc3c2c(-c2ccccc2)cn3-c2ccc(F)cc2)cc1. The van der Waals surface area contributed by atoms with Crippen LogP contribution < -0.4 is 5.32 Å². The third-order valence-corrected chi connectivity index (χ3v) is 4.88. The van der Waals surface area contributed by atoms with Gasteiger partial charge in [-0.1, -0.05) is 30.3 Å². The summed E-state index contributed by atoms with van der Waals surface area (Å²) in [4.78, 5) is 8.94. The van der Waals surface area contributed by atoms with Gasteiger partial charge in [-0.25, -0.2) is 18.7 Å². The average Bonchev–Trinajstić information content (AvgIpc) is 3.17. The van der Waals surface area contributed by atoms with Crippen molar-refractivity contribution in [3.63, 3.8) is 0 Å². The molecule has 6 heteroatoms. The van der Waals surface area contributed by atoms with E-state index in [0.29, 0.717) is 17.2 Å². The average molecular weight is 398 g/mol. The zero-order valence-corrected chi connectivity index (χ0v) is 15.8. The number of nitrogens with one attached hydrogen (secondary N) is 1. The smallest absolute Gasteiger partial charge is 0.150 e. The molecule has 0 bridgehead atoms. The number of rotatable bonds is 4. The summed E-state index contributed by atoms with van der Waals surface area (Å²) in [7, 11) is 0. The van der Waals surface area contributed by atoms with Gasteiger partial charge < -0.3 is 9.88 Å². The van der Waals surface area contributed by atoms with Crippen LogP contribution in [0.3, 0.4) is 0 Å². The maximum atomic E-state index is 13.4. The third kappa shape index (κ3) is 3.28. The van der Waals surface area contributed by atoms with Gasteiger partial charge in [-0.2, -0.15) is 0 Å². The van der Waals surface area contributed by atoms with Crippen LogP contribution in [-0.2, 0) is 0 Å². The molecule has 0 amide bonds. The lowest BCUT2D eigenvalue weighted by Gasteiger charge is -2.09. The number of hydrogen-bond acceptors (Lipinski definition) is 3. The van der Waals surface area contributed by atoms with E-state index in [-0.39, 0.29) is 11.6 Å². The van der Waals surface area contributed by atoms with Crippen molar-refractivity contribution < 1.29 is 8.78 Å². The Morgan fingerprint density at radius 3 is 2.10 bits per heavy atom. The van der Waals surface area contributed by atoms with Crippen molar-refractivity contribution in [2.24, 2.45) is 0 Å². The van der Waals surface area contributed by atoms with Crippen molar-refractivity contribution in [2.45, 2.75) is 0 Å². The summed E-state index contributed by atoms with van der Waals surface area (Å²) >= 11 is 0. The van der Waals surface area contributed by atoms with E-state index in [0.717, 1.165) is 22.2 Å². The molecule has 0 unspecified atom stereocenters. The van der Waals surface area contributed by atoms with Crippen LogP contribution in [0.5, 0.6) is 0 Å². The summed E-state index contributed by atoms with van der Waals surface area (Å²) in [5.41, 5.74) is 4.11. The molecule has 2 aromatic heterocycles. The third-order valence-electron chi connectivity index (χ3n) is 4.88. The second-order valence-corrected chi connectivity index (χ2v) is 6.81. The first-order valence-corrected chi connectivity index (χ1v) is 9.39. The maximum absolute atomic E-state index is 13.4. The first-order chi connectivity index (χ1) is 14.7. The summed E-state index contributed by atoms with van der Waals surface area (Å²) in [6, 6.07) is 22.3. The Labute approximate surface area is 171 Å². The lowest BCUT2D eigenvalue weighted by Crippen LogP contribution is -1.98. The summed E-state index contributed by atoms with van der Waals surface area (Å²) in [5, 5.41) is 4.08. The van der Waals surface area contributed by atoms with Crippen molar-refractivity contribution in [3.05, 3.63) is 103 Å². The molecule has 5 aromatic rings. The number of nitrogens with zero attached hydrogens (tertiary/aromatic N) is 3. The lowest BCUT2D eigenvalue weighted by molar-refractivity contribution is 0.627. The van der Waals surface area contributed by atoms with Crippen molar-refractivity contribution in [1.82, 2.24) is 14.5 Å². The van der Waals surface area contributed by atoms with Crippen LogP contribution in [0, 0.1) is 11.6 Å². The van der Waals surface area contributed by atoms with E-state index in [4.69, 9.17) is 0 Å². The van der Waals surface area contributed by atoms with Gasteiger partial charge in [0.15, 0.2) is 5.65 Å². The number of fused-ring (bicyclic) bond motifs is 1. The van der Waals surface area contributed by atoms with Crippen LogP contribution in [0.15, 0.2) is 91.4 Å². The fourth-order valence-electron chi connectivity index (χ4n) is 3.46. The molecule has 0 spiro atoms. The quantitative estimate of drug-likeness (QED) is 0.397. The van der Waals surface area contributed by atoms with E-state index in [1.165, 1.54) is 30.6 Å². The first kappa shape index (κ1) is 18.0. The molecule has 3 aromatic carbocycles. The minimum Gasteiger partial charge on any atom is -0.340 e. The Morgan fingerprint density at radius 1 is 0.733 bits per heavy atom. The van der Waals surface area contributed by atoms with E-state index in [1.807, 2.05) is 41.1 Å². The highest BCUT2D eigenvalue weighted by atomic mass is 19.1. The second kappa shape index (κ2) is 7.40. The highest BCUT2D eigenvalue weighted by molar-refractivity contribution is 6.02.